The Morgan fingerprint density at radius 3 is 1.69 bits per heavy atom. The highest BCUT2D eigenvalue weighted by Gasteiger charge is 2.21. The van der Waals surface area contributed by atoms with E-state index in [2.05, 4.69) is 17.6 Å². The predicted molar refractivity (Wildman–Crippen MR) is 151 cm³/mol. The lowest BCUT2D eigenvalue weighted by Gasteiger charge is -2.22. The lowest BCUT2D eigenvalue weighted by Crippen LogP contribution is -2.41. The van der Waals surface area contributed by atoms with Gasteiger partial charge >= 0.3 is 0 Å². The third kappa shape index (κ3) is 8.67. The van der Waals surface area contributed by atoms with Crippen molar-refractivity contribution in [2.45, 2.75) is 45.2 Å². The molecule has 0 unspecified atom stereocenters. The van der Waals surface area contributed by atoms with Crippen LogP contribution in [0.3, 0.4) is 0 Å². The number of amides is 2. The molecule has 2 amide bonds. The van der Waals surface area contributed by atoms with Gasteiger partial charge in [-0.2, -0.15) is 0 Å². The van der Waals surface area contributed by atoms with Crippen LogP contribution in [0.25, 0.3) is 0 Å². The van der Waals surface area contributed by atoms with Gasteiger partial charge in [0, 0.05) is 11.1 Å². The summed E-state index contributed by atoms with van der Waals surface area (Å²) in [5.74, 6) is 1.69. The first-order valence-electron chi connectivity index (χ1n) is 13.2. The second-order valence-electron chi connectivity index (χ2n) is 9.01. The Morgan fingerprint density at radius 1 is 0.667 bits per heavy atom. The SMILES string of the molecule is CCCCCCCOc1ccc(C(NC(=O)c2ccc(OC)cc2)NC(=O)c2ccc(OC)cc2)cc1OC. The smallest absolute Gasteiger partial charge is 0.253 e. The molecule has 0 saturated heterocycles. The van der Waals surface area contributed by atoms with E-state index in [-0.39, 0.29) is 11.8 Å². The molecule has 0 fully saturated rings. The van der Waals surface area contributed by atoms with Crippen LogP contribution in [0, 0.1) is 0 Å². The van der Waals surface area contributed by atoms with Gasteiger partial charge < -0.3 is 29.6 Å². The molecule has 39 heavy (non-hydrogen) atoms. The predicted octanol–water partition coefficient (Wildman–Crippen LogP) is 5.92. The molecule has 0 heterocycles. The molecule has 0 bridgehead atoms. The molecule has 0 radical (unpaired) electrons. The number of hydrogen-bond donors (Lipinski definition) is 2. The van der Waals surface area contributed by atoms with Crippen molar-refractivity contribution in [3.63, 3.8) is 0 Å². The van der Waals surface area contributed by atoms with Crippen molar-refractivity contribution < 1.29 is 28.5 Å². The Labute approximate surface area is 230 Å². The zero-order valence-corrected chi connectivity index (χ0v) is 23.1. The first-order chi connectivity index (χ1) is 19.0. The number of ether oxygens (including phenoxy) is 4. The van der Waals surface area contributed by atoms with Crippen LogP contribution < -0.4 is 29.6 Å². The first-order valence-corrected chi connectivity index (χ1v) is 13.2. The third-order valence-electron chi connectivity index (χ3n) is 6.28. The van der Waals surface area contributed by atoms with Crippen LogP contribution in [0.15, 0.2) is 66.7 Å². The summed E-state index contributed by atoms with van der Waals surface area (Å²) < 4.78 is 21.9. The Bertz CT molecular complexity index is 1130. The van der Waals surface area contributed by atoms with Crippen LogP contribution in [-0.2, 0) is 0 Å². The van der Waals surface area contributed by atoms with Crippen LogP contribution in [0.4, 0.5) is 0 Å². The van der Waals surface area contributed by atoms with Crippen molar-refractivity contribution in [2.75, 3.05) is 27.9 Å². The molecule has 208 valence electrons. The number of unbranched alkanes of at least 4 members (excludes halogenated alkanes) is 4. The van der Waals surface area contributed by atoms with E-state index in [4.69, 9.17) is 18.9 Å². The summed E-state index contributed by atoms with van der Waals surface area (Å²) in [6.45, 7) is 2.78. The summed E-state index contributed by atoms with van der Waals surface area (Å²) in [6.07, 6.45) is 4.85. The van der Waals surface area contributed by atoms with Gasteiger partial charge in [0.2, 0.25) is 0 Å². The minimum absolute atomic E-state index is 0.357. The number of rotatable bonds is 15. The third-order valence-corrected chi connectivity index (χ3v) is 6.28. The molecule has 0 aliphatic rings. The average molecular weight is 535 g/mol. The van der Waals surface area contributed by atoms with E-state index in [0.717, 1.165) is 12.8 Å². The van der Waals surface area contributed by atoms with Crippen LogP contribution in [0.1, 0.15) is 71.5 Å². The summed E-state index contributed by atoms with van der Waals surface area (Å²) in [4.78, 5) is 26.2. The van der Waals surface area contributed by atoms with E-state index >= 15 is 0 Å². The van der Waals surface area contributed by atoms with Gasteiger partial charge in [-0.25, -0.2) is 0 Å². The zero-order chi connectivity index (χ0) is 28.0. The fourth-order valence-electron chi connectivity index (χ4n) is 3.99. The van der Waals surface area contributed by atoms with Crippen molar-refractivity contribution >= 4 is 11.8 Å². The van der Waals surface area contributed by atoms with E-state index in [0.29, 0.717) is 46.3 Å². The second kappa shape index (κ2) is 15.3. The number of nitrogens with one attached hydrogen (secondary N) is 2. The quantitative estimate of drug-likeness (QED) is 0.186. The molecule has 3 aromatic carbocycles. The Balaban J connectivity index is 1.80. The fraction of sp³-hybridized carbons (Fsp3) is 0.355. The summed E-state index contributed by atoms with van der Waals surface area (Å²) in [5.41, 5.74) is 1.48. The summed E-state index contributed by atoms with van der Waals surface area (Å²) >= 11 is 0. The number of benzene rings is 3. The molecule has 8 nitrogen and oxygen atoms in total. The minimum atomic E-state index is -0.841. The van der Waals surface area contributed by atoms with Crippen LogP contribution in [0.2, 0.25) is 0 Å². The first kappa shape index (κ1) is 29.4. The maximum Gasteiger partial charge on any atom is 0.253 e. The van der Waals surface area contributed by atoms with Gasteiger partial charge in [0.05, 0.1) is 27.9 Å². The molecule has 0 atom stereocenters. The fourth-order valence-corrected chi connectivity index (χ4v) is 3.99. The molecule has 3 aromatic rings. The Kier molecular flexibility index (Phi) is 11.5. The van der Waals surface area contributed by atoms with Crippen LogP contribution >= 0.6 is 0 Å². The lowest BCUT2D eigenvalue weighted by atomic mass is 10.1. The molecular formula is C31H38N2O6. The molecule has 0 aliphatic carbocycles. The van der Waals surface area contributed by atoms with E-state index < -0.39 is 6.17 Å². The van der Waals surface area contributed by atoms with Gasteiger partial charge in [0.25, 0.3) is 11.8 Å². The number of hydrogen-bond acceptors (Lipinski definition) is 6. The van der Waals surface area contributed by atoms with Gasteiger partial charge in [-0.05, 0) is 72.6 Å². The Morgan fingerprint density at radius 2 is 1.21 bits per heavy atom. The van der Waals surface area contributed by atoms with Crippen molar-refractivity contribution in [2.24, 2.45) is 0 Å². The summed E-state index contributed by atoms with van der Waals surface area (Å²) in [5, 5.41) is 5.84. The molecular weight excluding hydrogens is 496 g/mol. The van der Waals surface area contributed by atoms with E-state index in [1.165, 1.54) is 19.3 Å². The van der Waals surface area contributed by atoms with Crippen molar-refractivity contribution in [1.29, 1.82) is 0 Å². The lowest BCUT2D eigenvalue weighted by molar-refractivity contribution is 0.0883. The highest BCUT2D eigenvalue weighted by molar-refractivity contribution is 5.97. The monoisotopic (exact) mass is 534 g/mol. The highest BCUT2D eigenvalue weighted by Crippen LogP contribution is 2.30. The maximum absolute atomic E-state index is 13.1. The average Bonchev–Trinajstić information content (AvgIpc) is 2.98. The van der Waals surface area contributed by atoms with E-state index in [1.54, 1.807) is 82.0 Å². The van der Waals surface area contributed by atoms with Crippen molar-refractivity contribution in [1.82, 2.24) is 10.6 Å². The van der Waals surface area contributed by atoms with Gasteiger partial charge in [-0.3, -0.25) is 9.59 Å². The second-order valence-corrected chi connectivity index (χ2v) is 9.01. The molecule has 0 saturated carbocycles. The molecule has 0 spiro atoms. The summed E-state index contributed by atoms with van der Waals surface area (Å²) in [7, 11) is 4.69. The van der Waals surface area contributed by atoms with Gasteiger partial charge in [-0.15, -0.1) is 0 Å². The standard InChI is InChI=1S/C31H38N2O6/c1-5-6-7-8-9-20-39-27-19-14-24(21-28(27)38-4)29(32-30(34)22-10-15-25(36-2)16-11-22)33-31(35)23-12-17-26(37-3)18-13-23/h10-19,21,29H,5-9,20H2,1-4H3,(H,32,34)(H,33,35). The van der Waals surface area contributed by atoms with Gasteiger partial charge in [-0.1, -0.05) is 38.7 Å². The van der Waals surface area contributed by atoms with Crippen LogP contribution in [0.5, 0.6) is 23.0 Å². The molecule has 8 heteroatoms. The number of carbonyl (C=O) groups excluding carboxylic acids is 2. The largest absolute Gasteiger partial charge is 0.497 e. The van der Waals surface area contributed by atoms with Crippen molar-refractivity contribution in [3.05, 3.63) is 83.4 Å². The van der Waals surface area contributed by atoms with E-state index in [9.17, 15) is 9.59 Å². The molecule has 0 aromatic heterocycles. The molecule has 2 N–H and O–H groups in total. The van der Waals surface area contributed by atoms with Gasteiger partial charge in [0.15, 0.2) is 11.5 Å². The number of carbonyl (C=O) groups is 2. The topological polar surface area (TPSA) is 95.1 Å². The maximum atomic E-state index is 13.1. The highest BCUT2D eigenvalue weighted by atomic mass is 16.5. The van der Waals surface area contributed by atoms with E-state index in [1.807, 2.05) is 6.07 Å². The Hall–Kier alpha value is -4.20. The minimum Gasteiger partial charge on any atom is -0.497 e. The van der Waals surface area contributed by atoms with Crippen molar-refractivity contribution in [3.8, 4) is 23.0 Å². The zero-order valence-electron chi connectivity index (χ0n) is 23.1. The molecule has 3 rings (SSSR count). The van der Waals surface area contributed by atoms with Crippen LogP contribution in [-0.4, -0.2) is 39.8 Å². The van der Waals surface area contributed by atoms with Gasteiger partial charge in [0.1, 0.15) is 17.7 Å². The summed E-state index contributed by atoms with van der Waals surface area (Å²) in [6, 6.07) is 18.8. The molecule has 0 aliphatic heterocycles. The number of methoxy groups -OCH3 is 3. The normalized spacial score (nSPS) is 10.6.